The molecule has 0 aliphatic carbocycles. The summed E-state index contributed by atoms with van der Waals surface area (Å²) in [7, 11) is 1.98. The van der Waals surface area contributed by atoms with Crippen molar-refractivity contribution in [1.29, 1.82) is 0 Å². The van der Waals surface area contributed by atoms with Gasteiger partial charge in [0.2, 0.25) is 0 Å². The van der Waals surface area contributed by atoms with E-state index < -0.39 is 24.5 Å². The number of aryl methyl sites for hydroxylation is 1. The number of carbonyl (C=O) groups is 1. The van der Waals surface area contributed by atoms with Crippen LogP contribution in [0.2, 0.25) is 13.3 Å². The minimum absolute atomic E-state index is 0.362. The summed E-state index contributed by atoms with van der Waals surface area (Å²) in [5.41, 5.74) is 5.14. The summed E-state index contributed by atoms with van der Waals surface area (Å²) in [5.74, 6) is 0.362. The van der Waals surface area contributed by atoms with E-state index in [2.05, 4.69) is 25.9 Å². The predicted octanol–water partition coefficient (Wildman–Crippen LogP) is 3.93. The number of hydrogen-bond acceptors (Lipinski definition) is 3. The van der Waals surface area contributed by atoms with Gasteiger partial charge in [0, 0.05) is 0 Å². The average molecular weight is 430 g/mol. The summed E-state index contributed by atoms with van der Waals surface area (Å²) >= 11 is -2.54. The van der Waals surface area contributed by atoms with Crippen LogP contribution in [0.5, 0.6) is 5.88 Å². The number of hydrogen-bond donors (Lipinski definition) is 1. The van der Waals surface area contributed by atoms with Crippen molar-refractivity contribution < 1.29 is 9.53 Å². The molecule has 132 valence electrons. The average Bonchev–Trinajstić information content (AvgIpc) is 2.87. The third-order valence-corrected chi connectivity index (χ3v) is 20.3. The first-order valence-electron chi connectivity index (χ1n) is 9.00. The zero-order chi connectivity index (χ0) is 17.3. The summed E-state index contributed by atoms with van der Waals surface area (Å²) < 4.78 is 12.5. The summed E-state index contributed by atoms with van der Waals surface area (Å²) in [5, 5.41) is 4.39. The van der Waals surface area contributed by atoms with Crippen LogP contribution in [0.1, 0.15) is 59.3 Å². The second-order valence-corrected chi connectivity index (χ2v) is 19.6. The molecule has 0 spiro atoms. The molecule has 0 bridgehead atoms. The number of amides is 1. The van der Waals surface area contributed by atoms with E-state index in [0.29, 0.717) is 5.88 Å². The van der Waals surface area contributed by atoms with Gasteiger partial charge in [0.25, 0.3) is 0 Å². The molecule has 1 rings (SSSR count). The van der Waals surface area contributed by atoms with Crippen LogP contribution >= 0.6 is 0 Å². The van der Waals surface area contributed by atoms with E-state index in [0.717, 1.165) is 0 Å². The van der Waals surface area contributed by atoms with Gasteiger partial charge in [-0.15, -0.1) is 0 Å². The molecule has 0 unspecified atom stereocenters. The monoisotopic (exact) mass is 431 g/mol. The summed E-state index contributed by atoms with van der Waals surface area (Å²) in [4.78, 5) is 11.0. The van der Waals surface area contributed by atoms with Gasteiger partial charge < -0.3 is 0 Å². The molecule has 6 heteroatoms. The Kier molecular flexibility index (Phi) is 9.02. The van der Waals surface area contributed by atoms with Gasteiger partial charge in [-0.2, -0.15) is 0 Å². The first-order chi connectivity index (χ1) is 11.0. The fourth-order valence-corrected chi connectivity index (χ4v) is 19.9. The SMILES string of the molecule is CCC[CH2][Sn]([CH2]CCC)([CH2]CCC)[c]1cc(OC(N)=O)nn1C. The van der Waals surface area contributed by atoms with Crippen molar-refractivity contribution in [3.63, 3.8) is 0 Å². The fourth-order valence-electron chi connectivity index (χ4n) is 3.39. The Balaban J connectivity index is 3.17. The number of ether oxygens (including phenoxy) is 1. The van der Waals surface area contributed by atoms with Gasteiger partial charge in [0.05, 0.1) is 0 Å². The molecule has 0 atom stereocenters. The van der Waals surface area contributed by atoms with Gasteiger partial charge in [0.15, 0.2) is 0 Å². The number of aromatic nitrogens is 2. The van der Waals surface area contributed by atoms with Gasteiger partial charge in [-0.25, -0.2) is 0 Å². The Hall–Kier alpha value is -0.721. The number of rotatable bonds is 11. The molecule has 0 saturated heterocycles. The second-order valence-electron chi connectivity index (χ2n) is 6.50. The van der Waals surface area contributed by atoms with Crippen molar-refractivity contribution in [2.24, 2.45) is 12.8 Å². The Morgan fingerprint density at radius 1 is 1.13 bits per heavy atom. The van der Waals surface area contributed by atoms with Crippen LogP contribution in [0.25, 0.3) is 0 Å². The summed E-state index contributed by atoms with van der Waals surface area (Å²) in [6.07, 6.45) is 6.80. The summed E-state index contributed by atoms with van der Waals surface area (Å²) in [6.45, 7) is 6.80. The quantitative estimate of drug-likeness (QED) is 0.541. The Morgan fingerprint density at radius 3 is 2.00 bits per heavy atom. The topological polar surface area (TPSA) is 70.1 Å². The van der Waals surface area contributed by atoms with Gasteiger partial charge in [-0.1, -0.05) is 0 Å². The number of nitrogens with two attached hydrogens (primary N) is 1. The van der Waals surface area contributed by atoms with Crippen molar-refractivity contribution in [2.75, 3.05) is 0 Å². The van der Waals surface area contributed by atoms with Crippen LogP contribution in [-0.4, -0.2) is 34.3 Å². The maximum atomic E-state index is 11.0. The molecule has 1 aromatic heterocycles. The first-order valence-corrected chi connectivity index (χ1v) is 16.5. The molecule has 23 heavy (non-hydrogen) atoms. The molecule has 1 amide bonds. The molecular weight excluding hydrogens is 397 g/mol. The van der Waals surface area contributed by atoms with E-state index in [4.69, 9.17) is 10.5 Å². The van der Waals surface area contributed by atoms with Crippen LogP contribution in [-0.2, 0) is 7.05 Å². The van der Waals surface area contributed by atoms with E-state index in [9.17, 15) is 4.79 Å². The van der Waals surface area contributed by atoms with Gasteiger partial charge in [0.1, 0.15) is 0 Å². The molecule has 1 heterocycles. The first kappa shape index (κ1) is 20.3. The zero-order valence-corrected chi connectivity index (χ0v) is 18.1. The third kappa shape index (κ3) is 6.01. The molecule has 2 N–H and O–H groups in total. The second kappa shape index (κ2) is 10.2. The Labute approximate surface area is 144 Å². The van der Waals surface area contributed by atoms with Crippen molar-refractivity contribution in [3.8, 4) is 5.88 Å². The molecule has 0 aliphatic rings. The molecule has 1 aromatic rings. The fraction of sp³-hybridized carbons (Fsp3) is 0.765. The number of unbranched alkanes of at least 4 members (excludes halogenated alkanes) is 3. The molecule has 0 aromatic carbocycles. The van der Waals surface area contributed by atoms with Crippen molar-refractivity contribution >= 4 is 28.2 Å². The molecule has 0 saturated carbocycles. The van der Waals surface area contributed by atoms with Crippen LogP contribution in [0, 0.1) is 0 Å². The molecule has 0 radical (unpaired) electrons. The van der Waals surface area contributed by atoms with Crippen molar-refractivity contribution in [1.82, 2.24) is 9.78 Å². The number of nitrogens with zero attached hydrogens (tertiary/aromatic N) is 2. The number of carbonyl (C=O) groups excluding carboxylic acids is 1. The zero-order valence-electron chi connectivity index (χ0n) is 15.2. The minimum atomic E-state index is -2.54. The molecule has 5 nitrogen and oxygen atoms in total. The Morgan fingerprint density at radius 2 is 1.61 bits per heavy atom. The standard InChI is InChI=1S/C5H6N3O2.3C4H9.Sn/c1-8-3-2-4(7-8)10-5(6)9;3*1-3-4-2;/h2H,1H3,(H2,6,9);3*1,3-4H2,2H3;. The van der Waals surface area contributed by atoms with Crippen LogP contribution < -0.4 is 14.2 Å². The molecule has 0 aliphatic heterocycles. The van der Waals surface area contributed by atoms with Gasteiger partial charge in [-0.05, 0) is 0 Å². The van der Waals surface area contributed by atoms with E-state index in [1.807, 2.05) is 17.8 Å². The molecular formula is C17H33N3O2Sn. The molecule has 0 fully saturated rings. The van der Waals surface area contributed by atoms with Crippen LogP contribution in [0.15, 0.2) is 6.07 Å². The normalized spacial score (nSPS) is 11.7. The third-order valence-electron chi connectivity index (χ3n) is 4.63. The van der Waals surface area contributed by atoms with E-state index >= 15 is 0 Å². The van der Waals surface area contributed by atoms with Crippen molar-refractivity contribution in [3.05, 3.63) is 6.07 Å². The van der Waals surface area contributed by atoms with E-state index in [1.165, 1.54) is 55.5 Å². The predicted molar refractivity (Wildman–Crippen MR) is 98.0 cm³/mol. The van der Waals surface area contributed by atoms with Gasteiger partial charge in [-0.3, -0.25) is 0 Å². The summed E-state index contributed by atoms with van der Waals surface area (Å²) in [6, 6.07) is 2.00. The number of primary amides is 1. The Bertz CT molecular complexity index is 466. The van der Waals surface area contributed by atoms with E-state index in [1.54, 1.807) is 0 Å². The van der Waals surface area contributed by atoms with Crippen LogP contribution in [0.3, 0.4) is 0 Å². The maximum absolute atomic E-state index is 11.0. The van der Waals surface area contributed by atoms with Gasteiger partial charge >= 0.3 is 145 Å². The van der Waals surface area contributed by atoms with Crippen molar-refractivity contribution in [2.45, 2.75) is 72.6 Å². The van der Waals surface area contributed by atoms with E-state index in [-0.39, 0.29) is 0 Å². The van der Waals surface area contributed by atoms with Crippen LogP contribution in [0.4, 0.5) is 4.79 Å².